The summed E-state index contributed by atoms with van der Waals surface area (Å²) in [4.78, 5) is 20.6. The molecular formula is C20H16ClN7O2. The van der Waals surface area contributed by atoms with Crippen LogP contribution in [0.1, 0.15) is 12.6 Å². The number of nitrogens with one attached hydrogen (secondary N) is 1. The number of H-pyrrole nitrogens is 1. The molecule has 0 saturated heterocycles. The van der Waals surface area contributed by atoms with E-state index in [9.17, 15) is 0 Å². The second-order valence-electron chi connectivity index (χ2n) is 6.55. The maximum Gasteiger partial charge on any atom is 0.327 e. The molecule has 9 nitrogen and oxygen atoms in total. The second-order valence-corrected chi connectivity index (χ2v) is 6.93. The van der Waals surface area contributed by atoms with Crippen LogP contribution in [0.2, 0.25) is 5.02 Å². The summed E-state index contributed by atoms with van der Waals surface area (Å²) < 4.78 is 13.5. The van der Waals surface area contributed by atoms with Gasteiger partial charge in [-0.2, -0.15) is 15.1 Å². The van der Waals surface area contributed by atoms with E-state index in [0.29, 0.717) is 34.0 Å². The van der Waals surface area contributed by atoms with Gasteiger partial charge in [-0.1, -0.05) is 18.5 Å². The fourth-order valence-corrected chi connectivity index (χ4v) is 3.48. The Morgan fingerprint density at radius 1 is 1.13 bits per heavy atom. The van der Waals surface area contributed by atoms with Crippen molar-refractivity contribution in [1.29, 1.82) is 0 Å². The van der Waals surface area contributed by atoms with Crippen molar-refractivity contribution in [3.63, 3.8) is 0 Å². The molecule has 0 radical (unpaired) electrons. The van der Waals surface area contributed by atoms with E-state index in [-0.39, 0.29) is 11.9 Å². The molecule has 1 N–H and O–H groups in total. The summed E-state index contributed by atoms with van der Waals surface area (Å²) >= 11 is 6.54. The Bertz CT molecular complexity index is 1360. The van der Waals surface area contributed by atoms with Crippen LogP contribution in [-0.4, -0.2) is 34.7 Å². The summed E-state index contributed by atoms with van der Waals surface area (Å²) in [6.45, 7) is 2.00. The first-order valence-electron chi connectivity index (χ1n) is 9.24. The first-order chi connectivity index (χ1) is 14.6. The first kappa shape index (κ1) is 18.3. The molecule has 0 fully saturated rings. The lowest BCUT2D eigenvalue weighted by atomic mass is 10.3. The third-order valence-electron chi connectivity index (χ3n) is 4.57. The molecule has 0 aliphatic rings. The number of aromatic nitrogens is 7. The van der Waals surface area contributed by atoms with Gasteiger partial charge in [-0.15, -0.1) is 0 Å². The number of aryl methyl sites for hydroxylation is 2. The second kappa shape index (κ2) is 7.27. The van der Waals surface area contributed by atoms with Crippen LogP contribution >= 0.6 is 11.6 Å². The molecule has 5 rings (SSSR count). The lowest BCUT2D eigenvalue weighted by Crippen LogP contribution is -1.97. The van der Waals surface area contributed by atoms with Crippen LogP contribution in [0.4, 0.5) is 0 Å². The van der Waals surface area contributed by atoms with Gasteiger partial charge in [0.15, 0.2) is 5.65 Å². The highest BCUT2D eigenvalue weighted by Gasteiger charge is 2.19. The van der Waals surface area contributed by atoms with E-state index in [0.717, 1.165) is 16.7 Å². The number of nitrogens with zero attached hydrogens (tertiary/aromatic N) is 6. The standard InChI is InChI=1S/C20H16ClN7O2/c1-3-14-16(21)15-17(25-14)26-20(27-19(15)29-12-5-4-6-22-9-12)30-13-7-11-8-24-28(2)18(11)23-10-13/h4-10H,3H2,1-2H3,(H,25,26,27). The summed E-state index contributed by atoms with van der Waals surface area (Å²) in [7, 11) is 1.83. The van der Waals surface area contributed by atoms with Crippen LogP contribution < -0.4 is 9.47 Å². The predicted octanol–water partition coefficient (Wildman–Crippen LogP) is 4.44. The van der Waals surface area contributed by atoms with Crippen molar-refractivity contribution in [2.45, 2.75) is 13.3 Å². The molecule has 5 aromatic heterocycles. The molecule has 0 unspecified atom stereocenters. The Kier molecular flexibility index (Phi) is 4.44. The Hall–Kier alpha value is -3.72. The molecule has 150 valence electrons. The average molecular weight is 422 g/mol. The Morgan fingerprint density at radius 2 is 2.03 bits per heavy atom. The number of fused-ring (bicyclic) bond motifs is 2. The van der Waals surface area contributed by atoms with Crippen molar-refractivity contribution >= 4 is 33.7 Å². The highest BCUT2D eigenvalue weighted by molar-refractivity contribution is 6.36. The maximum absolute atomic E-state index is 6.54. The maximum atomic E-state index is 6.54. The number of pyridine rings is 2. The topological polar surface area (TPSA) is 104 Å². The van der Waals surface area contributed by atoms with E-state index >= 15 is 0 Å². The summed E-state index contributed by atoms with van der Waals surface area (Å²) in [6, 6.07) is 5.48. The van der Waals surface area contributed by atoms with Gasteiger partial charge < -0.3 is 14.5 Å². The summed E-state index contributed by atoms with van der Waals surface area (Å²) in [5.41, 5.74) is 2.12. The van der Waals surface area contributed by atoms with Crippen molar-refractivity contribution in [2.24, 2.45) is 7.05 Å². The van der Waals surface area contributed by atoms with Crippen LogP contribution in [0.25, 0.3) is 22.1 Å². The van der Waals surface area contributed by atoms with Crippen LogP contribution in [-0.2, 0) is 13.5 Å². The van der Waals surface area contributed by atoms with Crippen molar-refractivity contribution in [1.82, 2.24) is 34.7 Å². The van der Waals surface area contributed by atoms with Crippen molar-refractivity contribution in [3.8, 4) is 23.4 Å². The van der Waals surface area contributed by atoms with Crippen LogP contribution in [0.15, 0.2) is 43.0 Å². The molecule has 0 spiro atoms. The minimum absolute atomic E-state index is 0.104. The van der Waals surface area contributed by atoms with E-state index in [4.69, 9.17) is 21.1 Å². The number of ether oxygens (including phenoxy) is 2. The lowest BCUT2D eigenvalue weighted by molar-refractivity contribution is 0.415. The molecule has 0 aliphatic heterocycles. The van der Waals surface area contributed by atoms with Gasteiger partial charge >= 0.3 is 6.01 Å². The average Bonchev–Trinajstić information content (AvgIpc) is 3.28. The summed E-state index contributed by atoms with van der Waals surface area (Å²) in [5, 5.41) is 6.15. The summed E-state index contributed by atoms with van der Waals surface area (Å²) in [6.07, 6.45) is 7.28. The van der Waals surface area contributed by atoms with Crippen molar-refractivity contribution in [3.05, 3.63) is 53.7 Å². The van der Waals surface area contributed by atoms with Gasteiger partial charge in [-0.05, 0) is 24.6 Å². The molecule has 10 heteroatoms. The van der Waals surface area contributed by atoms with Gasteiger partial charge in [0.2, 0.25) is 5.88 Å². The SMILES string of the molecule is CCc1[nH]c2nc(Oc3cnc4c(cnn4C)c3)nc(Oc3cccnc3)c2c1Cl. The Labute approximate surface area is 175 Å². The van der Waals surface area contributed by atoms with Gasteiger partial charge in [-0.25, -0.2) is 4.98 Å². The number of hydrogen-bond acceptors (Lipinski definition) is 7. The van der Waals surface area contributed by atoms with Gasteiger partial charge in [0.25, 0.3) is 0 Å². The van der Waals surface area contributed by atoms with Gasteiger partial charge in [0, 0.05) is 24.3 Å². The van der Waals surface area contributed by atoms with E-state index in [1.54, 1.807) is 41.6 Å². The van der Waals surface area contributed by atoms with E-state index < -0.39 is 0 Å². The van der Waals surface area contributed by atoms with Gasteiger partial charge in [0.05, 0.1) is 23.6 Å². The number of rotatable bonds is 5. The monoisotopic (exact) mass is 421 g/mol. The molecule has 0 saturated carbocycles. The Morgan fingerprint density at radius 3 is 2.83 bits per heavy atom. The largest absolute Gasteiger partial charge is 0.436 e. The molecule has 0 aromatic carbocycles. The van der Waals surface area contributed by atoms with E-state index in [1.807, 2.05) is 20.0 Å². The first-order valence-corrected chi connectivity index (χ1v) is 9.61. The van der Waals surface area contributed by atoms with E-state index in [2.05, 4.69) is 30.0 Å². The van der Waals surface area contributed by atoms with Gasteiger partial charge in [0.1, 0.15) is 22.5 Å². The number of halogens is 1. The highest BCUT2D eigenvalue weighted by atomic mass is 35.5. The quantitative estimate of drug-likeness (QED) is 0.447. The number of aromatic amines is 1. The third-order valence-corrected chi connectivity index (χ3v) is 4.98. The minimum atomic E-state index is 0.104. The molecule has 5 aromatic rings. The molecular weight excluding hydrogens is 406 g/mol. The van der Waals surface area contributed by atoms with Crippen LogP contribution in [0.5, 0.6) is 23.4 Å². The van der Waals surface area contributed by atoms with E-state index in [1.165, 1.54) is 0 Å². The molecule has 0 bridgehead atoms. The van der Waals surface area contributed by atoms with Crippen molar-refractivity contribution in [2.75, 3.05) is 0 Å². The Balaban J connectivity index is 1.58. The summed E-state index contributed by atoms with van der Waals surface area (Å²) in [5.74, 6) is 1.28. The lowest BCUT2D eigenvalue weighted by Gasteiger charge is -2.08. The zero-order chi connectivity index (χ0) is 20.7. The molecule has 0 aliphatic carbocycles. The highest BCUT2D eigenvalue weighted by Crippen LogP contribution is 2.37. The zero-order valence-corrected chi connectivity index (χ0v) is 16.9. The van der Waals surface area contributed by atoms with Crippen LogP contribution in [0, 0.1) is 0 Å². The minimum Gasteiger partial charge on any atom is -0.436 e. The molecule has 5 heterocycles. The zero-order valence-electron chi connectivity index (χ0n) is 16.1. The smallest absolute Gasteiger partial charge is 0.327 e. The third kappa shape index (κ3) is 3.18. The fourth-order valence-electron chi connectivity index (χ4n) is 3.12. The van der Waals surface area contributed by atoms with Crippen molar-refractivity contribution < 1.29 is 9.47 Å². The molecule has 30 heavy (non-hydrogen) atoms. The van der Waals surface area contributed by atoms with Gasteiger partial charge in [-0.3, -0.25) is 9.67 Å². The molecule has 0 atom stereocenters. The van der Waals surface area contributed by atoms with Crippen LogP contribution in [0.3, 0.4) is 0 Å². The number of hydrogen-bond donors (Lipinski definition) is 1. The predicted molar refractivity (Wildman–Crippen MR) is 111 cm³/mol. The normalized spacial score (nSPS) is 11.3. The molecule has 0 amide bonds. The fraction of sp³-hybridized carbons (Fsp3) is 0.150.